The first-order valence-electron chi connectivity index (χ1n) is 2.93. The van der Waals surface area contributed by atoms with Gasteiger partial charge in [-0.05, 0) is 6.07 Å². The van der Waals surface area contributed by atoms with Gasteiger partial charge in [0.15, 0.2) is 11.6 Å². The lowest BCUT2D eigenvalue weighted by Gasteiger charge is -1.94. The summed E-state index contributed by atoms with van der Waals surface area (Å²) in [4.78, 5) is 0. The van der Waals surface area contributed by atoms with E-state index < -0.39 is 11.6 Å². The molecule has 1 aromatic rings. The molecule has 0 spiro atoms. The van der Waals surface area contributed by atoms with Gasteiger partial charge in [0.1, 0.15) is 0 Å². The molecule has 2 nitrogen and oxygen atoms in total. The summed E-state index contributed by atoms with van der Waals surface area (Å²) in [7, 11) is 0. The third-order valence-electron chi connectivity index (χ3n) is 1.20. The van der Waals surface area contributed by atoms with Gasteiger partial charge in [-0.2, -0.15) is 5.10 Å². The average molecular weight is 156 g/mol. The monoisotopic (exact) mass is 156 g/mol. The summed E-state index contributed by atoms with van der Waals surface area (Å²) in [5.41, 5.74) is 0.0486. The molecule has 11 heavy (non-hydrogen) atoms. The van der Waals surface area contributed by atoms with Crippen LogP contribution in [0.2, 0.25) is 0 Å². The van der Waals surface area contributed by atoms with Gasteiger partial charge >= 0.3 is 0 Å². The van der Waals surface area contributed by atoms with Crippen LogP contribution in [0.3, 0.4) is 0 Å². The number of rotatable bonds is 1. The Morgan fingerprint density at radius 3 is 2.73 bits per heavy atom. The van der Waals surface area contributed by atoms with Crippen molar-refractivity contribution in [1.82, 2.24) is 0 Å². The van der Waals surface area contributed by atoms with Crippen molar-refractivity contribution in [2.45, 2.75) is 0 Å². The molecule has 2 N–H and O–H groups in total. The highest BCUT2D eigenvalue weighted by Gasteiger charge is 2.03. The first-order chi connectivity index (χ1) is 5.25. The number of nitrogens with two attached hydrogens (primary N) is 1. The van der Waals surface area contributed by atoms with Crippen LogP contribution < -0.4 is 5.84 Å². The average Bonchev–Trinajstić information content (AvgIpc) is 1.99. The molecule has 0 aromatic heterocycles. The van der Waals surface area contributed by atoms with Gasteiger partial charge in [-0.25, -0.2) is 8.78 Å². The highest BCUT2D eigenvalue weighted by Crippen LogP contribution is 2.08. The minimum atomic E-state index is -0.929. The number of hydrogen-bond acceptors (Lipinski definition) is 2. The van der Waals surface area contributed by atoms with Gasteiger partial charge in [0.05, 0.1) is 6.21 Å². The minimum Gasteiger partial charge on any atom is -0.323 e. The molecule has 0 amide bonds. The molecule has 0 heterocycles. The van der Waals surface area contributed by atoms with Crippen molar-refractivity contribution in [2.24, 2.45) is 10.9 Å². The first-order valence-corrected chi connectivity index (χ1v) is 2.93. The largest absolute Gasteiger partial charge is 0.323 e. The molecular weight excluding hydrogens is 150 g/mol. The van der Waals surface area contributed by atoms with Crippen molar-refractivity contribution < 1.29 is 8.78 Å². The van der Waals surface area contributed by atoms with E-state index in [0.717, 1.165) is 12.3 Å². The SMILES string of the molecule is N/N=C/c1cccc(F)c1F. The molecule has 0 bridgehead atoms. The fourth-order valence-corrected chi connectivity index (χ4v) is 0.700. The minimum absolute atomic E-state index is 0.0486. The molecule has 0 atom stereocenters. The van der Waals surface area contributed by atoms with Crippen molar-refractivity contribution in [3.05, 3.63) is 35.4 Å². The molecule has 1 rings (SSSR count). The molecule has 0 aliphatic rings. The van der Waals surface area contributed by atoms with E-state index in [4.69, 9.17) is 5.84 Å². The number of hydrogen-bond donors (Lipinski definition) is 1. The molecule has 4 heteroatoms. The zero-order chi connectivity index (χ0) is 8.27. The Bertz CT molecular complexity index is 284. The molecule has 1 aromatic carbocycles. The lowest BCUT2D eigenvalue weighted by Crippen LogP contribution is -1.93. The van der Waals surface area contributed by atoms with Gasteiger partial charge in [0.25, 0.3) is 0 Å². The second-order valence-electron chi connectivity index (χ2n) is 1.92. The normalized spacial score (nSPS) is 10.7. The lowest BCUT2D eigenvalue weighted by molar-refractivity contribution is 0.507. The van der Waals surface area contributed by atoms with E-state index in [1.165, 1.54) is 12.1 Å². The van der Waals surface area contributed by atoms with Crippen LogP contribution in [0.5, 0.6) is 0 Å². The molecule has 58 valence electrons. The topological polar surface area (TPSA) is 38.4 Å². The lowest BCUT2D eigenvalue weighted by atomic mass is 10.2. The number of benzene rings is 1. The Labute approximate surface area is 62.3 Å². The van der Waals surface area contributed by atoms with Crippen molar-refractivity contribution in [3.8, 4) is 0 Å². The van der Waals surface area contributed by atoms with Crippen LogP contribution >= 0.6 is 0 Å². The second kappa shape index (κ2) is 3.09. The maximum Gasteiger partial charge on any atom is 0.167 e. The van der Waals surface area contributed by atoms with E-state index in [0.29, 0.717) is 0 Å². The van der Waals surface area contributed by atoms with E-state index in [1.807, 2.05) is 0 Å². The smallest absolute Gasteiger partial charge is 0.167 e. The third-order valence-corrected chi connectivity index (χ3v) is 1.20. The molecule has 0 aliphatic carbocycles. The van der Waals surface area contributed by atoms with Gasteiger partial charge < -0.3 is 5.84 Å². The maximum atomic E-state index is 12.7. The Hall–Kier alpha value is -1.45. The summed E-state index contributed by atoms with van der Waals surface area (Å²) >= 11 is 0. The van der Waals surface area contributed by atoms with Crippen molar-refractivity contribution in [3.63, 3.8) is 0 Å². The van der Waals surface area contributed by atoms with Gasteiger partial charge in [0.2, 0.25) is 0 Å². The van der Waals surface area contributed by atoms with Crippen LogP contribution in [-0.2, 0) is 0 Å². The van der Waals surface area contributed by atoms with E-state index >= 15 is 0 Å². The predicted octanol–water partition coefficient (Wildman–Crippen LogP) is 1.26. The summed E-state index contributed by atoms with van der Waals surface area (Å²) in [5.74, 6) is 2.93. The highest BCUT2D eigenvalue weighted by atomic mass is 19.2. The molecule has 0 fully saturated rings. The van der Waals surface area contributed by atoms with E-state index in [1.54, 1.807) is 0 Å². The predicted molar refractivity (Wildman–Crippen MR) is 38.1 cm³/mol. The van der Waals surface area contributed by atoms with Gasteiger partial charge in [-0.3, -0.25) is 0 Å². The fourth-order valence-electron chi connectivity index (χ4n) is 0.700. The third kappa shape index (κ3) is 1.52. The zero-order valence-corrected chi connectivity index (χ0v) is 5.59. The van der Waals surface area contributed by atoms with Crippen LogP contribution in [0.15, 0.2) is 23.3 Å². The standard InChI is InChI=1S/C7H6F2N2/c8-6-3-1-2-5(4-11-10)7(6)9/h1-4H,10H2/b11-4+. The first kappa shape index (κ1) is 7.65. The van der Waals surface area contributed by atoms with Crippen LogP contribution in [0, 0.1) is 11.6 Å². The number of hydrazone groups is 1. The number of nitrogens with zero attached hydrogens (tertiary/aromatic N) is 1. The van der Waals surface area contributed by atoms with Gasteiger partial charge in [-0.1, -0.05) is 12.1 Å². The second-order valence-corrected chi connectivity index (χ2v) is 1.92. The molecular formula is C7H6F2N2. The fraction of sp³-hybridized carbons (Fsp3) is 0. The Balaban J connectivity index is 3.16. The Morgan fingerprint density at radius 2 is 2.09 bits per heavy atom. The van der Waals surface area contributed by atoms with Crippen LogP contribution in [-0.4, -0.2) is 6.21 Å². The highest BCUT2D eigenvalue weighted by molar-refractivity contribution is 5.79. The number of halogens is 2. The van der Waals surface area contributed by atoms with Gasteiger partial charge in [0, 0.05) is 5.56 Å². The van der Waals surface area contributed by atoms with E-state index in [9.17, 15) is 8.78 Å². The van der Waals surface area contributed by atoms with Crippen molar-refractivity contribution >= 4 is 6.21 Å². The van der Waals surface area contributed by atoms with Gasteiger partial charge in [-0.15, -0.1) is 0 Å². The molecule has 0 saturated carbocycles. The molecule has 0 radical (unpaired) electrons. The van der Waals surface area contributed by atoms with Crippen molar-refractivity contribution in [1.29, 1.82) is 0 Å². The summed E-state index contributed by atoms with van der Waals surface area (Å²) in [5, 5.41) is 3.08. The summed E-state index contributed by atoms with van der Waals surface area (Å²) < 4.78 is 25.1. The maximum absolute atomic E-state index is 12.7. The summed E-state index contributed by atoms with van der Waals surface area (Å²) in [6, 6.07) is 3.80. The van der Waals surface area contributed by atoms with E-state index in [-0.39, 0.29) is 5.56 Å². The molecule has 0 saturated heterocycles. The van der Waals surface area contributed by atoms with Crippen LogP contribution in [0.4, 0.5) is 8.78 Å². The van der Waals surface area contributed by atoms with Crippen LogP contribution in [0.25, 0.3) is 0 Å². The van der Waals surface area contributed by atoms with Crippen LogP contribution in [0.1, 0.15) is 5.56 Å². The summed E-state index contributed by atoms with van der Waals surface area (Å²) in [6.45, 7) is 0. The molecule has 0 unspecified atom stereocenters. The summed E-state index contributed by atoms with van der Waals surface area (Å²) in [6.07, 6.45) is 1.05. The molecule has 0 aliphatic heterocycles. The quantitative estimate of drug-likeness (QED) is 0.371. The zero-order valence-electron chi connectivity index (χ0n) is 5.59. The Kier molecular flexibility index (Phi) is 2.15. The Morgan fingerprint density at radius 1 is 1.36 bits per heavy atom. The van der Waals surface area contributed by atoms with E-state index in [2.05, 4.69) is 5.10 Å². The van der Waals surface area contributed by atoms with Crippen molar-refractivity contribution in [2.75, 3.05) is 0 Å².